The molecule has 1 heterocycles. The highest BCUT2D eigenvalue weighted by atomic mass is 16.2. The normalized spacial score (nSPS) is 22.6. The van der Waals surface area contributed by atoms with Gasteiger partial charge in [-0.05, 0) is 11.8 Å². The summed E-state index contributed by atoms with van der Waals surface area (Å²) in [5, 5.41) is 0. The number of nitrogens with two attached hydrogens (primary N) is 2. The van der Waals surface area contributed by atoms with E-state index >= 15 is 0 Å². The van der Waals surface area contributed by atoms with Gasteiger partial charge in [0, 0.05) is 25.6 Å². The second-order valence-electron chi connectivity index (χ2n) is 5.90. The van der Waals surface area contributed by atoms with Gasteiger partial charge in [0.2, 0.25) is 11.8 Å². The molecule has 98 valence electrons. The number of nitrogens with zero attached hydrogens (tertiary/aromatic N) is 1. The molecule has 1 aliphatic heterocycles. The Hall–Kier alpha value is -1.10. The molecule has 1 rings (SSSR count). The van der Waals surface area contributed by atoms with E-state index in [1.165, 1.54) is 0 Å². The van der Waals surface area contributed by atoms with Gasteiger partial charge in [-0.3, -0.25) is 9.59 Å². The molecule has 0 aromatic rings. The highest BCUT2D eigenvalue weighted by Crippen LogP contribution is 2.22. The van der Waals surface area contributed by atoms with Crippen molar-refractivity contribution in [2.45, 2.75) is 39.7 Å². The largest absolute Gasteiger partial charge is 0.369 e. The number of primary amides is 1. The zero-order valence-electron chi connectivity index (χ0n) is 10.9. The Kier molecular flexibility index (Phi) is 4.14. The second kappa shape index (κ2) is 5.04. The van der Waals surface area contributed by atoms with Gasteiger partial charge in [0.05, 0.1) is 5.92 Å². The van der Waals surface area contributed by atoms with Crippen molar-refractivity contribution in [3.8, 4) is 0 Å². The summed E-state index contributed by atoms with van der Waals surface area (Å²) in [4.78, 5) is 24.7. The summed E-state index contributed by atoms with van der Waals surface area (Å²) in [5.74, 6) is -0.485. The smallest absolute Gasteiger partial charge is 0.224 e. The molecule has 1 fully saturated rings. The van der Waals surface area contributed by atoms with Crippen molar-refractivity contribution < 1.29 is 9.59 Å². The second-order valence-corrected chi connectivity index (χ2v) is 5.90. The Balaban J connectivity index is 2.48. The van der Waals surface area contributed by atoms with Gasteiger partial charge in [-0.15, -0.1) is 0 Å². The molecule has 5 nitrogen and oxygen atoms in total. The van der Waals surface area contributed by atoms with Crippen LogP contribution in [0.15, 0.2) is 0 Å². The number of carbonyl (C=O) groups is 2. The fourth-order valence-electron chi connectivity index (χ4n) is 1.84. The average Bonchev–Trinajstić information content (AvgIpc) is 2.64. The molecule has 0 aliphatic carbocycles. The predicted octanol–water partition coefficient (Wildman–Crippen LogP) is 0.0837. The van der Waals surface area contributed by atoms with Gasteiger partial charge in [-0.25, -0.2) is 0 Å². The van der Waals surface area contributed by atoms with Crippen LogP contribution in [0.2, 0.25) is 0 Å². The van der Waals surface area contributed by atoms with E-state index in [9.17, 15) is 9.59 Å². The zero-order valence-corrected chi connectivity index (χ0v) is 10.9. The van der Waals surface area contributed by atoms with Crippen LogP contribution in [0.5, 0.6) is 0 Å². The average molecular weight is 241 g/mol. The third-order valence-electron chi connectivity index (χ3n) is 3.45. The molecule has 0 bridgehead atoms. The zero-order chi connectivity index (χ0) is 13.2. The molecule has 0 saturated carbocycles. The minimum absolute atomic E-state index is 0.0242. The summed E-state index contributed by atoms with van der Waals surface area (Å²) in [6.45, 7) is 7.11. The molecule has 4 N–H and O–H groups in total. The van der Waals surface area contributed by atoms with Gasteiger partial charge in [-0.1, -0.05) is 20.8 Å². The number of carbonyl (C=O) groups excluding carboxylic acids is 2. The van der Waals surface area contributed by atoms with Gasteiger partial charge in [0.1, 0.15) is 0 Å². The fourth-order valence-corrected chi connectivity index (χ4v) is 1.84. The maximum atomic E-state index is 12.0. The predicted molar refractivity (Wildman–Crippen MR) is 65.9 cm³/mol. The van der Waals surface area contributed by atoms with E-state index in [0.29, 0.717) is 25.9 Å². The van der Waals surface area contributed by atoms with Crippen LogP contribution in [0.1, 0.15) is 33.6 Å². The molecule has 0 spiro atoms. The van der Waals surface area contributed by atoms with Gasteiger partial charge >= 0.3 is 0 Å². The van der Waals surface area contributed by atoms with Crippen LogP contribution in [0.25, 0.3) is 0 Å². The summed E-state index contributed by atoms with van der Waals surface area (Å²) >= 11 is 0. The first kappa shape index (κ1) is 14.0. The monoisotopic (exact) mass is 241 g/mol. The highest BCUT2D eigenvalue weighted by molar-refractivity contribution is 5.81. The van der Waals surface area contributed by atoms with Crippen LogP contribution in [0.4, 0.5) is 0 Å². The van der Waals surface area contributed by atoms with Crippen molar-refractivity contribution in [3.05, 3.63) is 0 Å². The summed E-state index contributed by atoms with van der Waals surface area (Å²) in [5.41, 5.74) is 11.1. The van der Waals surface area contributed by atoms with Gasteiger partial charge in [0.15, 0.2) is 0 Å². The third kappa shape index (κ3) is 3.70. The maximum Gasteiger partial charge on any atom is 0.224 e. The van der Waals surface area contributed by atoms with Crippen LogP contribution >= 0.6 is 0 Å². The number of hydrogen-bond acceptors (Lipinski definition) is 3. The minimum Gasteiger partial charge on any atom is -0.369 e. The van der Waals surface area contributed by atoms with Crippen molar-refractivity contribution in [2.24, 2.45) is 22.8 Å². The van der Waals surface area contributed by atoms with Crippen molar-refractivity contribution in [3.63, 3.8) is 0 Å². The third-order valence-corrected chi connectivity index (χ3v) is 3.45. The van der Waals surface area contributed by atoms with Gasteiger partial charge in [0.25, 0.3) is 0 Å². The lowest BCUT2D eigenvalue weighted by atomic mass is 9.85. The molecular weight excluding hydrogens is 218 g/mol. The van der Waals surface area contributed by atoms with Crippen molar-refractivity contribution in [1.82, 2.24) is 4.90 Å². The Bertz CT molecular complexity index is 309. The van der Waals surface area contributed by atoms with E-state index in [-0.39, 0.29) is 29.2 Å². The lowest BCUT2D eigenvalue weighted by Gasteiger charge is -2.28. The number of rotatable bonds is 3. The molecular formula is C12H23N3O2. The number of likely N-dealkylation sites (tertiary alicyclic amines) is 1. The lowest BCUT2D eigenvalue weighted by Crippen LogP contribution is -2.41. The number of amides is 2. The van der Waals surface area contributed by atoms with Crippen molar-refractivity contribution in [1.29, 1.82) is 0 Å². The summed E-state index contributed by atoms with van der Waals surface area (Å²) in [6, 6.07) is -0.164. The summed E-state index contributed by atoms with van der Waals surface area (Å²) in [7, 11) is 0. The molecule has 0 aromatic carbocycles. The standard InChI is InChI=1S/C12H23N3O2/c1-12(2,3)9(13)6-10(16)15-5-4-8(7-15)11(14)17/h8-9H,4-7,13H2,1-3H3,(H2,14,17). The highest BCUT2D eigenvalue weighted by Gasteiger charge is 2.32. The summed E-state index contributed by atoms with van der Waals surface area (Å²) < 4.78 is 0. The maximum absolute atomic E-state index is 12.0. The fraction of sp³-hybridized carbons (Fsp3) is 0.833. The summed E-state index contributed by atoms with van der Waals surface area (Å²) in [6.07, 6.45) is 1.00. The number of hydrogen-bond donors (Lipinski definition) is 2. The van der Waals surface area contributed by atoms with Gasteiger partial charge in [-0.2, -0.15) is 0 Å². The van der Waals surface area contributed by atoms with Crippen LogP contribution in [-0.4, -0.2) is 35.8 Å². The van der Waals surface area contributed by atoms with Crippen LogP contribution in [0, 0.1) is 11.3 Å². The Labute approximate surface area is 103 Å². The molecule has 1 saturated heterocycles. The molecule has 2 atom stereocenters. The molecule has 5 heteroatoms. The molecule has 17 heavy (non-hydrogen) atoms. The first-order valence-electron chi connectivity index (χ1n) is 6.04. The van der Waals surface area contributed by atoms with E-state index in [1.807, 2.05) is 20.8 Å². The first-order chi connectivity index (χ1) is 7.71. The molecule has 2 amide bonds. The van der Waals surface area contributed by atoms with E-state index in [0.717, 1.165) is 0 Å². The molecule has 2 unspecified atom stereocenters. The molecule has 0 radical (unpaired) electrons. The van der Waals surface area contributed by atoms with Crippen molar-refractivity contribution in [2.75, 3.05) is 13.1 Å². The Morgan fingerprint density at radius 3 is 2.41 bits per heavy atom. The molecule has 1 aliphatic rings. The lowest BCUT2D eigenvalue weighted by molar-refractivity contribution is -0.131. The van der Waals surface area contributed by atoms with E-state index < -0.39 is 0 Å². The van der Waals surface area contributed by atoms with E-state index in [4.69, 9.17) is 11.5 Å². The van der Waals surface area contributed by atoms with Crippen molar-refractivity contribution >= 4 is 11.8 Å². The van der Waals surface area contributed by atoms with Crippen LogP contribution in [0.3, 0.4) is 0 Å². The Morgan fingerprint density at radius 1 is 1.41 bits per heavy atom. The van der Waals surface area contributed by atoms with Crippen LogP contribution < -0.4 is 11.5 Å². The topological polar surface area (TPSA) is 89.4 Å². The Morgan fingerprint density at radius 2 is 2.00 bits per heavy atom. The van der Waals surface area contributed by atoms with E-state index in [1.54, 1.807) is 4.90 Å². The van der Waals surface area contributed by atoms with E-state index in [2.05, 4.69) is 0 Å². The van der Waals surface area contributed by atoms with Gasteiger partial charge < -0.3 is 16.4 Å². The first-order valence-corrected chi connectivity index (χ1v) is 6.04. The van der Waals surface area contributed by atoms with Crippen LogP contribution in [-0.2, 0) is 9.59 Å². The SMILES string of the molecule is CC(C)(C)C(N)CC(=O)N1CCC(C(N)=O)C1. The quantitative estimate of drug-likeness (QED) is 0.733. The molecule has 0 aromatic heterocycles. The minimum atomic E-state index is -0.319.